The van der Waals surface area contributed by atoms with E-state index in [4.69, 9.17) is 0 Å². The molecule has 0 spiro atoms. The Morgan fingerprint density at radius 2 is 2.00 bits per heavy atom. The van der Waals surface area contributed by atoms with E-state index in [1.54, 1.807) is 0 Å². The van der Waals surface area contributed by atoms with Crippen molar-refractivity contribution in [3.05, 3.63) is 29.8 Å². The van der Waals surface area contributed by atoms with E-state index in [2.05, 4.69) is 52.2 Å². The maximum atomic E-state index is 2.24. The molecule has 1 radical (unpaired) electrons. The minimum Gasteiger partial charge on any atom is -0.0878 e. The van der Waals surface area contributed by atoms with Gasteiger partial charge in [-0.05, 0) is 11.5 Å². The zero-order valence-corrected chi connectivity index (χ0v) is 7.46. The van der Waals surface area contributed by atoms with Gasteiger partial charge in [0.05, 0.1) is 0 Å². The largest absolute Gasteiger partial charge is 0.148 e. The minimum atomic E-state index is 0.634. The van der Waals surface area contributed by atoms with Gasteiger partial charge in [0.15, 0.2) is 0 Å². The molecule has 0 unspecified atom stereocenters. The smallest absolute Gasteiger partial charge is 0.0878 e. The van der Waals surface area contributed by atoms with E-state index in [0.717, 1.165) is 0 Å². The first-order valence-corrected chi connectivity index (χ1v) is 4.13. The second kappa shape index (κ2) is 3.61. The zero-order valence-electron chi connectivity index (χ0n) is 7.46. The minimum absolute atomic E-state index is 0.634. The second-order valence-electron chi connectivity index (χ2n) is 3.11. The molecule has 0 saturated heterocycles. The van der Waals surface area contributed by atoms with Crippen LogP contribution in [0.3, 0.4) is 0 Å². The van der Waals surface area contributed by atoms with Crippen LogP contribution in [0.1, 0.15) is 25.3 Å². The Morgan fingerprint density at radius 1 is 1.27 bits per heavy atom. The molecule has 57 valence electrons. The molecule has 0 heterocycles. The fourth-order valence-corrected chi connectivity index (χ4v) is 1.10. The molecule has 0 N–H and O–H groups in total. The molecule has 1 aromatic carbocycles. The van der Waals surface area contributed by atoms with Crippen LogP contribution in [0.5, 0.6) is 0 Å². The van der Waals surface area contributed by atoms with Crippen molar-refractivity contribution >= 4 is 12.7 Å². The lowest BCUT2D eigenvalue weighted by atomic mass is 9.72. The highest BCUT2D eigenvalue weighted by molar-refractivity contribution is 6.51. The molecule has 0 nitrogen and oxygen atoms in total. The molecular weight excluding hydrogens is 131 g/mol. The lowest BCUT2D eigenvalue weighted by Crippen LogP contribution is -2.10. The molecule has 0 aliphatic carbocycles. The molecule has 0 aromatic heterocycles. The van der Waals surface area contributed by atoms with E-state index in [9.17, 15) is 0 Å². The third-order valence-electron chi connectivity index (χ3n) is 1.91. The van der Waals surface area contributed by atoms with Gasteiger partial charge in [-0.25, -0.2) is 0 Å². The maximum Gasteiger partial charge on any atom is 0.148 e. The Hall–Kier alpha value is -0.715. The summed E-state index contributed by atoms with van der Waals surface area (Å²) in [6.45, 7) is 6.50. The summed E-state index contributed by atoms with van der Waals surface area (Å²) in [6.07, 6.45) is 0. The molecule has 0 bridgehead atoms. The lowest BCUT2D eigenvalue weighted by molar-refractivity contribution is 0.868. The van der Waals surface area contributed by atoms with E-state index in [1.807, 2.05) is 0 Å². The van der Waals surface area contributed by atoms with Gasteiger partial charge in [0.2, 0.25) is 0 Å². The maximum absolute atomic E-state index is 2.24. The van der Waals surface area contributed by atoms with E-state index >= 15 is 0 Å². The van der Waals surface area contributed by atoms with Gasteiger partial charge in [0, 0.05) is 0 Å². The number of hydrogen-bond donors (Lipinski definition) is 0. The van der Waals surface area contributed by atoms with Crippen LogP contribution in [0.4, 0.5) is 0 Å². The molecule has 0 amide bonds. The molecule has 1 rings (SSSR count). The summed E-state index contributed by atoms with van der Waals surface area (Å²) in [6, 6.07) is 8.67. The fraction of sp³-hybridized carbons (Fsp3) is 0.400. The van der Waals surface area contributed by atoms with Crippen LogP contribution < -0.4 is 5.46 Å². The fourth-order valence-electron chi connectivity index (χ4n) is 1.10. The number of rotatable bonds is 2. The van der Waals surface area contributed by atoms with E-state index in [-0.39, 0.29) is 0 Å². The monoisotopic (exact) mass is 145 g/mol. The van der Waals surface area contributed by atoms with Gasteiger partial charge < -0.3 is 0 Å². The summed E-state index contributed by atoms with van der Waals surface area (Å²) in [5.74, 6) is 0.634. The summed E-state index contributed by atoms with van der Waals surface area (Å²) < 4.78 is 0. The Kier molecular flexibility index (Phi) is 2.75. The standard InChI is InChI=1S/C10H14B/c1-8(2)9-5-4-6-10(7-9)11-3/h4-8H,1-3H3. The Bertz CT molecular complexity index is 228. The van der Waals surface area contributed by atoms with Gasteiger partial charge >= 0.3 is 0 Å². The number of benzene rings is 1. The molecule has 0 aliphatic rings. The van der Waals surface area contributed by atoms with Crippen molar-refractivity contribution in [2.75, 3.05) is 0 Å². The third kappa shape index (κ3) is 2.11. The first kappa shape index (κ1) is 8.38. The van der Waals surface area contributed by atoms with Crippen molar-refractivity contribution in [2.24, 2.45) is 0 Å². The topological polar surface area (TPSA) is 0 Å². The van der Waals surface area contributed by atoms with Crippen molar-refractivity contribution in [3.8, 4) is 0 Å². The molecule has 11 heavy (non-hydrogen) atoms. The normalized spacial score (nSPS) is 10.2. The average molecular weight is 145 g/mol. The SMILES string of the molecule is C[B]c1cccc(C(C)C)c1. The summed E-state index contributed by atoms with van der Waals surface area (Å²) in [7, 11) is 2.13. The molecule has 0 fully saturated rings. The Labute approximate surface area is 69.9 Å². The van der Waals surface area contributed by atoms with Crippen LogP contribution in [0.15, 0.2) is 24.3 Å². The van der Waals surface area contributed by atoms with E-state index in [0.29, 0.717) is 5.92 Å². The van der Waals surface area contributed by atoms with E-state index < -0.39 is 0 Å². The Balaban J connectivity index is 2.91. The van der Waals surface area contributed by atoms with E-state index in [1.165, 1.54) is 11.0 Å². The summed E-state index contributed by atoms with van der Waals surface area (Å²) >= 11 is 0. The molecule has 0 aliphatic heterocycles. The second-order valence-corrected chi connectivity index (χ2v) is 3.11. The highest BCUT2D eigenvalue weighted by Crippen LogP contribution is 2.11. The van der Waals surface area contributed by atoms with Crippen LogP contribution in [-0.4, -0.2) is 7.28 Å². The van der Waals surface area contributed by atoms with Crippen molar-refractivity contribution in [3.63, 3.8) is 0 Å². The van der Waals surface area contributed by atoms with Crippen LogP contribution in [0.25, 0.3) is 0 Å². The highest BCUT2D eigenvalue weighted by atomic mass is 14.0. The van der Waals surface area contributed by atoms with Crippen molar-refractivity contribution < 1.29 is 0 Å². The van der Waals surface area contributed by atoms with Gasteiger partial charge in [-0.15, -0.1) is 0 Å². The van der Waals surface area contributed by atoms with Crippen LogP contribution in [-0.2, 0) is 0 Å². The number of hydrogen-bond acceptors (Lipinski definition) is 0. The van der Waals surface area contributed by atoms with Crippen molar-refractivity contribution in [2.45, 2.75) is 26.6 Å². The summed E-state index contributed by atoms with van der Waals surface area (Å²) in [5, 5.41) is 0. The summed E-state index contributed by atoms with van der Waals surface area (Å²) in [5.41, 5.74) is 2.73. The van der Waals surface area contributed by atoms with Crippen LogP contribution in [0, 0.1) is 0 Å². The Morgan fingerprint density at radius 3 is 2.55 bits per heavy atom. The predicted octanol–water partition coefficient (Wildman–Crippen LogP) is 2.19. The summed E-state index contributed by atoms with van der Waals surface area (Å²) in [4.78, 5) is 0. The van der Waals surface area contributed by atoms with Gasteiger partial charge in [0.25, 0.3) is 0 Å². The average Bonchev–Trinajstić information content (AvgIpc) is 2.05. The molecule has 0 saturated carbocycles. The first-order valence-electron chi connectivity index (χ1n) is 4.13. The van der Waals surface area contributed by atoms with Crippen LogP contribution in [0.2, 0.25) is 6.82 Å². The molecule has 0 atom stereocenters. The van der Waals surface area contributed by atoms with Crippen molar-refractivity contribution in [1.29, 1.82) is 0 Å². The third-order valence-corrected chi connectivity index (χ3v) is 1.91. The van der Waals surface area contributed by atoms with Crippen molar-refractivity contribution in [1.82, 2.24) is 0 Å². The predicted molar refractivity (Wildman–Crippen MR) is 51.8 cm³/mol. The van der Waals surface area contributed by atoms with Gasteiger partial charge in [-0.1, -0.05) is 50.4 Å². The molecular formula is C10H14B. The lowest BCUT2D eigenvalue weighted by Gasteiger charge is -2.05. The van der Waals surface area contributed by atoms with Gasteiger partial charge in [0.1, 0.15) is 7.28 Å². The van der Waals surface area contributed by atoms with Gasteiger partial charge in [-0.3, -0.25) is 0 Å². The molecule has 1 heteroatoms. The first-order chi connectivity index (χ1) is 5.24. The molecule has 1 aromatic rings. The van der Waals surface area contributed by atoms with Crippen LogP contribution >= 0.6 is 0 Å². The van der Waals surface area contributed by atoms with Gasteiger partial charge in [-0.2, -0.15) is 0 Å². The quantitative estimate of drug-likeness (QED) is 0.559. The highest BCUT2D eigenvalue weighted by Gasteiger charge is 1.98. The zero-order chi connectivity index (χ0) is 8.27.